The summed E-state index contributed by atoms with van der Waals surface area (Å²) in [5.41, 5.74) is -0.624. The highest BCUT2D eigenvalue weighted by molar-refractivity contribution is 5.78. The molecule has 1 amide bonds. The van der Waals surface area contributed by atoms with Crippen molar-refractivity contribution >= 4 is 5.91 Å². The number of halogens is 1. The Kier molecular flexibility index (Phi) is 5.53. The van der Waals surface area contributed by atoms with Crippen molar-refractivity contribution in [3.8, 4) is 0 Å². The van der Waals surface area contributed by atoms with Crippen LogP contribution in [0.1, 0.15) is 32.3 Å². The highest BCUT2D eigenvalue weighted by atomic mass is 19.1. The predicted molar refractivity (Wildman–Crippen MR) is 83.8 cm³/mol. The van der Waals surface area contributed by atoms with Gasteiger partial charge in [0.25, 0.3) is 0 Å². The molecular weight excluding hydrogens is 283 g/mol. The molecule has 0 spiro atoms. The first kappa shape index (κ1) is 16.9. The Labute approximate surface area is 131 Å². The van der Waals surface area contributed by atoms with Crippen molar-refractivity contribution in [1.29, 1.82) is 0 Å². The van der Waals surface area contributed by atoms with E-state index in [0.717, 1.165) is 31.8 Å². The highest BCUT2D eigenvalue weighted by Gasteiger charge is 2.24. The smallest absolute Gasteiger partial charge is 0.234 e. The topological polar surface area (TPSA) is 52.6 Å². The molecule has 2 N–H and O–H groups in total. The second-order valence-electron chi connectivity index (χ2n) is 6.52. The fraction of sp³-hybridized carbons (Fsp3) is 0.588. The van der Waals surface area contributed by atoms with Crippen LogP contribution < -0.4 is 5.32 Å². The summed E-state index contributed by atoms with van der Waals surface area (Å²) in [6, 6.07) is 5.68. The molecule has 1 aromatic carbocycles. The van der Waals surface area contributed by atoms with Crippen LogP contribution in [-0.2, 0) is 10.4 Å². The number of aliphatic hydroxyl groups is 1. The van der Waals surface area contributed by atoms with Crippen molar-refractivity contribution in [2.75, 3.05) is 26.2 Å². The molecule has 2 rings (SSSR count). The van der Waals surface area contributed by atoms with E-state index in [1.165, 1.54) is 24.3 Å². The lowest BCUT2D eigenvalue weighted by Gasteiger charge is -2.30. The number of carbonyl (C=O) groups excluding carboxylic acids is 1. The summed E-state index contributed by atoms with van der Waals surface area (Å²) in [6.45, 7) is 6.22. The van der Waals surface area contributed by atoms with Crippen LogP contribution in [0.2, 0.25) is 0 Å². The van der Waals surface area contributed by atoms with E-state index in [-0.39, 0.29) is 18.3 Å². The Morgan fingerprint density at radius 3 is 2.55 bits per heavy atom. The van der Waals surface area contributed by atoms with Crippen molar-refractivity contribution in [1.82, 2.24) is 10.2 Å². The Balaban J connectivity index is 1.81. The molecule has 122 valence electrons. The average molecular weight is 308 g/mol. The number of rotatable bonds is 5. The summed E-state index contributed by atoms with van der Waals surface area (Å²) in [6.07, 6.45) is 2.25. The summed E-state index contributed by atoms with van der Waals surface area (Å²) < 4.78 is 12.9. The first-order valence-corrected chi connectivity index (χ1v) is 7.84. The zero-order chi connectivity index (χ0) is 16.2. The summed E-state index contributed by atoms with van der Waals surface area (Å²) in [7, 11) is 0. The van der Waals surface area contributed by atoms with Crippen LogP contribution in [0.5, 0.6) is 0 Å². The maximum absolute atomic E-state index is 12.9. The van der Waals surface area contributed by atoms with Crippen LogP contribution >= 0.6 is 0 Å². The van der Waals surface area contributed by atoms with Gasteiger partial charge >= 0.3 is 0 Å². The SMILES string of the molecule is CC1CCN(CC(=O)NCC(C)(O)c2ccc(F)cc2)CC1. The maximum Gasteiger partial charge on any atom is 0.234 e. The minimum atomic E-state index is -1.21. The first-order valence-electron chi connectivity index (χ1n) is 7.84. The van der Waals surface area contributed by atoms with Crippen molar-refractivity contribution in [2.45, 2.75) is 32.3 Å². The Morgan fingerprint density at radius 1 is 1.36 bits per heavy atom. The van der Waals surface area contributed by atoms with Gasteiger partial charge in [0.2, 0.25) is 5.91 Å². The number of likely N-dealkylation sites (tertiary alicyclic amines) is 1. The van der Waals surface area contributed by atoms with Gasteiger partial charge < -0.3 is 10.4 Å². The van der Waals surface area contributed by atoms with Crippen LogP contribution in [0.3, 0.4) is 0 Å². The molecule has 4 nitrogen and oxygen atoms in total. The second-order valence-corrected chi connectivity index (χ2v) is 6.52. The standard InChI is InChI=1S/C17H25FN2O2/c1-13-7-9-20(10-8-13)11-16(21)19-12-17(2,22)14-3-5-15(18)6-4-14/h3-6,13,22H,7-12H2,1-2H3,(H,19,21). The first-order chi connectivity index (χ1) is 10.4. The molecule has 1 aromatic rings. The van der Waals surface area contributed by atoms with Crippen molar-refractivity contribution in [3.05, 3.63) is 35.6 Å². The van der Waals surface area contributed by atoms with Gasteiger partial charge in [-0.15, -0.1) is 0 Å². The molecule has 1 atom stereocenters. The number of benzene rings is 1. The van der Waals surface area contributed by atoms with E-state index in [2.05, 4.69) is 17.1 Å². The lowest BCUT2D eigenvalue weighted by molar-refractivity contribution is -0.123. The van der Waals surface area contributed by atoms with Gasteiger partial charge in [0, 0.05) is 0 Å². The molecule has 1 fully saturated rings. The van der Waals surface area contributed by atoms with E-state index in [1.807, 2.05) is 0 Å². The largest absolute Gasteiger partial charge is 0.384 e. The van der Waals surface area contributed by atoms with Crippen molar-refractivity contribution in [2.24, 2.45) is 5.92 Å². The fourth-order valence-electron chi connectivity index (χ4n) is 2.66. The lowest BCUT2D eigenvalue weighted by Crippen LogP contribution is -2.45. The van der Waals surface area contributed by atoms with Crippen LogP contribution in [0, 0.1) is 11.7 Å². The summed E-state index contributed by atoms with van der Waals surface area (Å²) >= 11 is 0. The van der Waals surface area contributed by atoms with E-state index in [1.54, 1.807) is 6.92 Å². The highest BCUT2D eigenvalue weighted by Crippen LogP contribution is 2.20. The van der Waals surface area contributed by atoms with Crippen LogP contribution in [0.25, 0.3) is 0 Å². The average Bonchev–Trinajstić information content (AvgIpc) is 2.48. The van der Waals surface area contributed by atoms with Crippen LogP contribution in [-0.4, -0.2) is 42.1 Å². The number of hydrogen-bond donors (Lipinski definition) is 2. The zero-order valence-electron chi connectivity index (χ0n) is 13.3. The normalized spacial score (nSPS) is 19.6. The molecule has 0 aliphatic carbocycles. The number of nitrogens with zero attached hydrogens (tertiary/aromatic N) is 1. The molecule has 1 saturated heterocycles. The number of piperidine rings is 1. The van der Waals surface area contributed by atoms with Gasteiger partial charge in [0.1, 0.15) is 11.4 Å². The Morgan fingerprint density at radius 2 is 1.95 bits per heavy atom. The van der Waals surface area contributed by atoms with E-state index in [4.69, 9.17) is 0 Å². The zero-order valence-corrected chi connectivity index (χ0v) is 13.3. The van der Waals surface area contributed by atoms with Gasteiger partial charge in [0.15, 0.2) is 0 Å². The molecule has 0 saturated carbocycles. The third-order valence-electron chi connectivity index (χ3n) is 4.34. The summed E-state index contributed by atoms with van der Waals surface area (Å²) in [5.74, 6) is 0.304. The third-order valence-corrected chi connectivity index (χ3v) is 4.34. The molecule has 1 heterocycles. The van der Waals surface area contributed by atoms with Crippen molar-refractivity contribution < 1.29 is 14.3 Å². The fourth-order valence-corrected chi connectivity index (χ4v) is 2.66. The molecule has 1 aliphatic rings. The number of nitrogens with one attached hydrogen (secondary N) is 1. The lowest BCUT2D eigenvalue weighted by atomic mass is 9.96. The minimum absolute atomic E-state index is 0.0862. The summed E-state index contributed by atoms with van der Waals surface area (Å²) in [4.78, 5) is 14.1. The van der Waals surface area contributed by atoms with E-state index < -0.39 is 5.60 Å². The van der Waals surface area contributed by atoms with Gasteiger partial charge in [-0.2, -0.15) is 0 Å². The molecular formula is C17H25FN2O2. The second kappa shape index (κ2) is 7.20. The van der Waals surface area contributed by atoms with Crippen molar-refractivity contribution in [3.63, 3.8) is 0 Å². The molecule has 0 aromatic heterocycles. The Hall–Kier alpha value is -1.46. The van der Waals surface area contributed by atoms with E-state index in [0.29, 0.717) is 12.1 Å². The maximum atomic E-state index is 12.9. The molecule has 0 radical (unpaired) electrons. The van der Waals surface area contributed by atoms with Gasteiger partial charge in [-0.25, -0.2) is 4.39 Å². The minimum Gasteiger partial charge on any atom is -0.384 e. The third kappa shape index (κ3) is 4.78. The Bertz CT molecular complexity index is 494. The molecule has 22 heavy (non-hydrogen) atoms. The van der Waals surface area contributed by atoms with Gasteiger partial charge in [0.05, 0.1) is 13.1 Å². The van der Waals surface area contributed by atoms with Gasteiger partial charge in [-0.05, 0) is 56.5 Å². The molecule has 1 aliphatic heterocycles. The van der Waals surface area contributed by atoms with E-state index in [9.17, 15) is 14.3 Å². The summed E-state index contributed by atoms with van der Waals surface area (Å²) in [5, 5.41) is 13.2. The molecule has 5 heteroatoms. The van der Waals surface area contributed by atoms with Gasteiger partial charge in [-0.1, -0.05) is 19.1 Å². The number of hydrogen-bond acceptors (Lipinski definition) is 3. The quantitative estimate of drug-likeness (QED) is 0.873. The van der Waals surface area contributed by atoms with Gasteiger partial charge in [-0.3, -0.25) is 9.69 Å². The van der Waals surface area contributed by atoms with Crippen LogP contribution in [0.15, 0.2) is 24.3 Å². The monoisotopic (exact) mass is 308 g/mol. The van der Waals surface area contributed by atoms with Crippen LogP contribution in [0.4, 0.5) is 4.39 Å². The molecule has 0 bridgehead atoms. The molecule has 1 unspecified atom stereocenters. The predicted octanol–water partition coefficient (Wildman–Crippen LogP) is 1.88. The van der Waals surface area contributed by atoms with E-state index >= 15 is 0 Å². The number of amides is 1. The number of carbonyl (C=O) groups is 1.